The fraction of sp³-hybridized carbons (Fsp3) is 0.562. The summed E-state index contributed by atoms with van der Waals surface area (Å²) in [6.45, 7) is 6.89. The summed E-state index contributed by atoms with van der Waals surface area (Å²) in [6.07, 6.45) is 3.99. The van der Waals surface area contributed by atoms with Gasteiger partial charge >= 0.3 is 0 Å². The van der Waals surface area contributed by atoms with Crippen molar-refractivity contribution in [1.29, 1.82) is 0 Å². The normalized spacial score (nSPS) is 27.6. The lowest BCUT2D eigenvalue weighted by Gasteiger charge is -2.34. The molecular formula is C16H22N2S. The van der Waals surface area contributed by atoms with E-state index in [9.17, 15) is 0 Å². The Labute approximate surface area is 119 Å². The number of fused-ring (bicyclic) bond motifs is 1. The second kappa shape index (κ2) is 5.12. The van der Waals surface area contributed by atoms with Gasteiger partial charge in [0.15, 0.2) is 5.13 Å². The molecule has 19 heavy (non-hydrogen) atoms. The van der Waals surface area contributed by atoms with Crippen LogP contribution in [0.2, 0.25) is 0 Å². The van der Waals surface area contributed by atoms with Gasteiger partial charge in [-0.15, -0.1) is 0 Å². The Balaban J connectivity index is 1.81. The molecule has 1 aromatic heterocycles. The summed E-state index contributed by atoms with van der Waals surface area (Å²) in [5.74, 6) is 1.56. The molecule has 1 N–H and O–H groups in total. The smallest absolute Gasteiger partial charge is 0.184 e. The molecule has 1 fully saturated rings. The van der Waals surface area contributed by atoms with Gasteiger partial charge in [-0.2, -0.15) is 0 Å². The highest BCUT2D eigenvalue weighted by atomic mass is 32.1. The largest absolute Gasteiger partial charge is 0.358 e. The van der Waals surface area contributed by atoms with Crippen LogP contribution in [0.25, 0.3) is 10.2 Å². The van der Waals surface area contributed by atoms with Gasteiger partial charge < -0.3 is 5.32 Å². The van der Waals surface area contributed by atoms with Crippen LogP contribution >= 0.6 is 11.3 Å². The molecule has 3 atom stereocenters. The second-order valence-corrected chi connectivity index (χ2v) is 7.04. The molecule has 2 nitrogen and oxygen atoms in total. The minimum absolute atomic E-state index is 0.588. The van der Waals surface area contributed by atoms with Crippen molar-refractivity contribution in [2.45, 2.75) is 46.1 Å². The summed E-state index contributed by atoms with van der Waals surface area (Å²) in [4.78, 5) is 4.71. The molecule has 3 heteroatoms. The van der Waals surface area contributed by atoms with Crippen LogP contribution in [0.1, 0.15) is 38.7 Å². The van der Waals surface area contributed by atoms with E-state index in [2.05, 4.69) is 44.3 Å². The summed E-state index contributed by atoms with van der Waals surface area (Å²) in [5, 5.41) is 4.77. The SMILES string of the molecule is Cc1ccc2nc(NC3CCCC(C)C3C)sc2c1. The molecule has 1 heterocycles. The van der Waals surface area contributed by atoms with Crippen molar-refractivity contribution >= 4 is 26.7 Å². The van der Waals surface area contributed by atoms with Gasteiger partial charge in [0, 0.05) is 6.04 Å². The van der Waals surface area contributed by atoms with E-state index in [-0.39, 0.29) is 0 Å². The minimum Gasteiger partial charge on any atom is -0.358 e. The zero-order chi connectivity index (χ0) is 13.4. The lowest BCUT2D eigenvalue weighted by atomic mass is 9.78. The molecule has 0 saturated heterocycles. The van der Waals surface area contributed by atoms with Crippen LogP contribution < -0.4 is 5.32 Å². The van der Waals surface area contributed by atoms with Crippen LogP contribution in [0.15, 0.2) is 18.2 Å². The van der Waals surface area contributed by atoms with Crippen LogP contribution in [-0.2, 0) is 0 Å². The highest BCUT2D eigenvalue weighted by Crippen LogP contribution is 2.34. The number of hydrogen-bond acceptors (Lipinski definition) is 3. The third-order valence-corrected chi connectivity index (χ3v) is 5.51. The minimum atomic E-state index is 0.588. The Morgan fingerprint density at radius 2 is 2.11 bits per heavy atom. The van der Waals surface area contributed by atoms with Crippen molar-refractivity contribution in [2.75, 3.05) is 5.32 Å². The van der Waals surface area contributed by atoms with Crippen molar-refractivity contribution in [3.8, 4) is 0 Å². The molecule has 0 amide bonds. The Bertz CT molecular complexity index is 575. The van der Waals surface area contributed by atoms with Crippen molar-refractivity contribution in [3.63, 3.8) is 0 Å². The van der Waals surface area contributed by atoms with E-state index < -0.39 is 0 Å². The van der Waals surface area contributed by atoms with Gasteiger partial charge in [0.2, 0.25) is 0 Å². The number of anilines is 1. The fourth-order valence-corrected chi connectivity index (χ4v) is 4.06. The van der Waals surface area contributed by atoms with Crippen LogP contribution in [0, 0.1) is 18.8 Å². The molecular weight excluding hydrogens is 252 g/mol. The van der Waals surface area contributed by atoms with Crippen molar-refractivity contribution in [2.24, 2.45) is 11.8 Å². The molecule has 0 aliphatic heterocycles. The maximum absolute atomic E-state index is 4.71. The summed E-state index contributed by atoms with van der Waals surface area (Å²) >= 11 is 1.79. The van der Waals surface area contributed by atoms with Gasteiger partial charge in [-0.1, -0.05) is 44.1 Å². The third kappa shape index (κ3) is 2.62. The molecule has 3 unspecified atom stereocenters. The van der Waals surface area contributed by atoms with E-state index >= 15 is 0 Å². The molecule has 0 radical (unpaired) electrons. The van der Waals surface area contributed by atoms with E-state index in [0.717, 1.165) is 22.5 Å². The standard InChI is InChI=1S/C16H22N2S/c1-10-7-8-14-15(9-10)19-16(18-14)17-13-6-4-5-11(2)12(13)3/h7-9,11-13H,4-6H2,1-3H3,(H,17,18). The number of hydrogen-bond donors (Lipinski definition) is 1. The zero-order valence-corrected chi connectivity index (χ0v) is 12.8. The van der Waals surface area contributed by atoms with E-state index in [1.807, 2.05) is 0 Å². The lowest BCUT2D eigenvalue weighted by Crippen LogP contribution is -2.34. The zero-order valence-electron chi connectivity index (χ0n) is 11.9. The molecule has 2 aromatic rings. The van der Waals surface area contributed by atoms with Crippen LogP contribution in [0.3, 0.4) is 0 Å². The highest BCUT2D eigenvalue weighted by Gasteiger charge is 2.27. The average Bonchev–Trinajstić information content (AvgIpc) is 2.76. The number of nitrogens with zero attached hydrogens (tertiary/aromatic N) is 1. The number of thiazole rings is 1. The van der Waals surface area contributed by atoms with Crippen LogP contribution in [0.4, 0.5) is 5.13 Å². The first kappa shape index (κ1) is 12.9. The maximum Gasteiger partial charge on any atom is 0.184 e. The van der Waals surface area contributed by atoms with E-state index in [1.165, 1.54) is 29.5 Å². The van der Waals surface area contributed by atoms with Gasteiger partial charge in [0.25, 0.3) is 0 Å². The number of benzene rings is 1. The second-order valence-electron chi connectivity index (χ2n) is 6.01. The molecule has 1 saturated carbocycles. The predicted octanol–water partition coefficient (Wildman–Crippen LogP) is 4.84. The van der Waals surface area contributed by atoms with Crippen LogP contribution in [0.5, 0.6) is 0 Å². The molecule has 102 valence electrons. The maximum atomic E-state index is 4.71. The third-order valence-electron chi connectivity index (χ3n) is 4.56. The monoisotopic (exact) mass is 274 g/mol. The van der Waals surface area contributed by atoms with E-state index in [0.29, 0.717) is 6.04 Å². The van der Waals surface area contributed by atoms with Crippen molar-refractivity contribution in [1.82, 2.24) is 4.98 Å². The quantitative estimate of drug-likeness (QED) is 0.847. The highest BCUT2D eigenvalue weighted by molar-refractivity contribution is 7.22. The van der Waals surface area contributed by atoms with E-state index in [4.69, 9.17) is 4.98 Å². The topological polar surface area (TPSA) is 24.9 Å². The average molecular weight is 274 g/mol. The van der Waals surface area contributed by atoms with Gasteiger partial charge in [-0.3, -0.25) is 0 Å². The molecule has 1 aliphatic carbocycles. The molecule has 0 bridgehead atoms. The molecule has 1 aromatic carbocycles. The summed E-state index contributed by atoms with van der Waals surface area (Å²) in [5.41, 5.74) is 2.43. The first-order valence-corrected chi connectivity index (χ1v) is 8.09. The number of aryl methyl sites for hydroxylation is 1. The molecule has 3 rings (SSSR count). The summed E-state index contributed by atoms with van der Waals surface area (Å²) < 4.78 is 1.29. The first-order valence-electron chi connectivity index (χ1n) is 7.27. The first-order chi connectivity index (χ1) is 9.13. The summed E-state index contributed by atoms with van der Waals surface area (Å²) in [7, 11) is 0. The van der Waals surface area contributed by atoms with Gasteiger partial charge in [0.1, 0.15) is 0 Å². The van der Waals surface area contributed by atoms with Gasteiger partial charge in [0.05, 0.1) is 10.2 Å². The van der Waals surface area contributed by atoms with Crippen molar-refractivity contribution in [3.05, 3.63) is 23.8 Å². The fourth-order valence-electron chi connectivity index (χ4n) is 3.04. The number of nitrogens with one attached hydrogen (secondary N) is 1. The number of rotatable bonds is 2. The predicted molar refractivity (Wildman–Crippen MR) is 83.9 cm³/mol. The van der Waals surface area contributed by atoms with Gasteiger partial charge in [-0.05, 0) is 42.9 Å². The lowest BCUT2D eigenvalue weighted by molar-refractivity contribution is 0.253. The molecule has 0 spiro atoms. The molecule has 1 aliphatic rings. The van der Waals surface area contributed by atoms with E-state index in [1.54, 1.807) is 11.3 Å². The van der Waals surface area contributed by atoms with Crippen LogP contribution in [-0.4, -0.2) is 11.0 Å². The Hall–Kier alpha value is -1.09. The van der Waals surface area contributed by atoms with Crippen molar-refractivity contribution < 1.29 is 0 Å². The Kier molecular flexibility index (Phi) is 3.48. The summed E-state index contributed by atoms with van der Waals surface area (Å²) in [6, 6.07) is 7.08. The van der Waals surface area contributed by atoms with Gasteiger partial charge in [-0.25, -0.2) is 4.98 Å². The Morgan fingerprint density at radius 3 is 2.95 bits per heavy atom. The Morgan fingerprint density at radius 1 is 1.26 bits per heavy atom. The number of aromatic nitrogens is 1.